The number of aryl methyl sites for hydroxylation is 2. The van der Waals surface area contributed by atoms with Crippen molar-refractivity contribution in [3.63, 3.8) is 0 Å². The molecule has 1 saturated carbocycles. The Morgan fingerprint density at radius 2 is 1.81 bits per heavy atom. The largest absolute Gasteiger partial charge is 0.353 e. The molecule has 2 saturated heterocycles. The van der Waals surface area contributed by atoms with Gasteiger partial charge in [0.05, 0.1) is 22.4 Å². The van der Waals surface area contributed by atoms with Crippen molar-refractivity contribution in [1.82, 2.24) is 20.2 Å². The SMILES string of the molecule is CC[C@@]1(C(=O)NC2CCCC2)C[C@@H]2CC[C@H]1N2C(=O)c1c(C)ncnc1C. The Morgan fingerprint density at radius 3 is 2.44 bits per heavy atom. The van der Waals surface area contributed by atoms with E-state index in [0.29, 0.717) is 11.6 Å². The predicted octanol–water partition coefficient (Wildman–Crippen LogP) is 2.93. The fourth-order valence-corrected chi connectivity index (χ4v) is 5.71. The molecular formula is C21H30N4O2. The average Bonchev–Trinajstić information content (AvgIpc) is 3.36. The lowest BCUT2D eigenvalue weighted by Crippen LogP contribution is -2.51. The van der Waals surface area contributed by atoms with Gasteiger partial charge in [0.25, 0.3) is 5.91 Å². The van der Waals surface area contributed by atoms with E-state index >= 15 is 0 Å². The van der Waals surface area contributed by atoms with Crippen LogP contribution in [-0.4, -0.2) is 44.8 Å². The number of aromatic nitrogens is 2. The van der Waals surface area contributed by atoms with E-state index in [0.717, 1.165) is 49.9 Å². The Hall–Kier alpha value is -1.98. The van der Waals surface area contributed by atoms with Crippen LogP contribution in [0.25, 0.3) is 0 Å². The maximum absolute atomic E-state index is 13.4. The summed E-state index contributed by atoms with van der Waals surface area (Å²) in [6, 6.07) is 0.451. The second-order valence-corrected chi connectivity index (χ2v) is 8.55. The third-order valence-electron chi connectivity index (χ3n) is 7.19. The number of carbonyl (C=O) groups is 2. The van der Waals surface area contributed by atoms with Gasteiger partial charge in [-0.05, 0) is 52.4 Å². The Balaban J connectivity index is 1.61. The number of nitrogens with one attached hydrogen (secondary N) is 1. The Labute approximate surface area is 161 Å². The van der Waals surface area contributed by atoms with E-state index in [9.17, 15) is 9.59 Å². The molecule has 1 aromatic rings. The first-order chi connectivity index (χ1) is 13.0. The van der Waals surface area contributed by atoms with E-state index in [4.69, 9.17) is 0 Å². The quantitative estimate of drug-likeness (QED) is 0.884. The molecule has 0 aromatic carbocycles. The number of rotatable bonds is 4. The van der Waals surface area contributed by atoms with Crippen LogP contribution in [0, 0.1) is 19.3 Å². The Morgan fingerprint density at radius 1 is 1.15 bits per heavy atom. The average molecular weight is 370 g/mol. The number of carbonyl (C=O) groups excluding carboxylic acids is 2. The van der Waals surface area contributed by atoms with Crippen LogP contribution >= 0.6 is 0 Å². The van der Waals surface area contributed by atoms with Crippen LogP contribution in [0.1, 0.15) is 80.0 Å². The molecule has 6 heteroatoms. The molecule has 6 nitrogen and oxygen atoms in total. The highest BCUT2D eigenvalue weighted by Gasteiger charge is 2.60. The van der Waals surface area contributed by atoms with E-state index in [1.54, 1.807) is 0 Å². The van der Waals surface area contributed by atoms with Crippen LogP contribution in [0.15, 0.2) is 6.33 Å². The molecule has 3 heterocycles. The topological polar surface area (TPSA) is 75.2 Å². The molecule has 1 N–H and O–H groups in total. The number of hydrogen-bond donors (Lipinski definition) is 1. The molecule has 27 heavy (non-hydrogen) atoms. The maximum atomic E-state index is 13.4. The van der Waals surface area contributed by atoms with Gasteiger partial charge < -0.3 is 10.2 Å². The summed E-state index contributed by atoms with van der Waals surface area (Å²) in [6.07, 6.45) is 9.54. The normalized spacial score (nSPS) is 30.1. The molecule has 4 rings (SSSR count). The zero-order valence-corrected chi connectivity index (χ0v) is 16.6. The van der Waals surface area contributed by atoms with Gasteiger partial charge in [0, 0.05) is 18.1 Å². The highest BCUT2D eigenvalue weighted by molar-refractivity contribution is 5.98. The van der Waals surface area contributed by atoms with Gasteiger partial charge in [0.2, 0.25) is 5.91 Å². The number of fused-ring (bicyclic) bond motifs is 2. The van der Waals surface area contributed by atoms with E-state index < -0.39 is 5.41 Å². The smallest absolute Gasteiger partial charge is 0.258 e. The van der Waals surface area contributed by atoms with Crippen LogP contribution < -0.4 is 5.32 Å². The summed E-state index contributed by atoms with van der Waals surface area (Å²) in [5.74, 6) is 0.168. The zero-order chi connectivity index (χ0) is 19.2. The third kappa shape index (κ3) is 2.84. The van der Waals surface area contributed by atoms with E-state index in [-0.39, 0.29) is 23.9 Å². The van der Waals surface area contributed by atoms with Gasteiger partial charge in [-0.2, -0.15) is 0 Å². The minimum Gasteiger partial charge on any atom is -0.353 e. The van der Waals surface area contributed by atoms with Crippen LogP contribution in [0.3, 0.4) is 0 Å². The third-order valence-corrected chi connectivity index (χ3v) is 7.19. The first-order valence-corrected chi connectivity index (χ1v) is 10.4. The highest BCUT2D eigenvalue weighted by Crippen LogP contribution is 2.52. The lowest BCUT2D eigenvalue weighted by atomic mass is 9.71. The first-order valence-electron chi connectivity index (χ1n) is 10.4. The molecule has 0 radical (unpaired) electrons. The van der Waals surface area contributed by atoms with Crippen molar-refractivity contribution in [3.05, 3.63) is 23.3 Å². The molecule has 0 spiro atoms. The van der Waals surface area contributed by atoms with Gasteiger partial charge in [0.15, 0.2) is 0 Å². The van der Waals surface area contributed by atoms with E-state index in [1.165, 1.54) is 19.2 Å². The van der Waals surface area contributed by atoms with Gasteiger partial charge in [0.1, 0.15) is 6.33 Å². The first kappa shape index (κ1) is 18.4. The van der Waals surface area contributed by atoms with Gasteiger partial charge in [-0.3, -0.25) is 9.59 Å². The molecule has 0 unspecified atom stereocenters. The van der Waals surface area contributed by atoms with E-state index in [2.05, 4.69) is 22.2 Å². The minimum atomic E-state index is -0.446. The second kappa shape index (κ2) is 6.88. The summed E-state index contributed by atoms with van der Waals surface area (Å²) in [5.41, 5.74) is 1.60. The molecule has 3 atom stereocenters. The number of nitrogens with zero attached hydrogens (tertiary/aromatic N) is 3. The van der Waals surface area contributed by atoms with Gasteiger partial charge in [-0.1, -0.05) is 19.8 Å². The van der Waals surface area contributed by atoms with Gasteiger partial charge in [-0.15, -0.1) is 0 Å². The molecule has 1 aromatic heterocycles. The molecule has 2 amide bonds. The van der Waals surface area contributed by atoms with Gasteiger partial charge >= 0.3 is 0 Å². The number of hydrogen-bond acceptors (Lipinski definition) is 4. The highest BCUT2D eigenvalue weighted by atomic mass is 16.2. The molecule has 3 fully saturated rings. The summed E-state index contributed by atoms with van der Waals surface area (Å²) in [7, 11) is 0. The molecular weight excluding hydrogens is 340 g/mol. The van der Waals surface area contributed by atoms with Crippen molar-refractivity contribution in [2.24, 2.45) is 5.41 Å². The van der Waals surface area contributed by atoms with Crippen molar-refractivity contribution >= 4 is 11.8 Å². The van der Waals surface area contributed by atoms with Crippen LogP contribution in [0.4, 0.5) is 0 Å². The van der Waals surface area contributed by atoms with Crippen LogP contribution in [0.2, 0.25) is 0 Å². The molecule has 2 bridgehead atoms. The second-order valence-electron chi connectivity index (χ2n) is 8.55. The fourth-order valence-electron chi connectivity index (χ4n) is 5.71. The number of amides is 2. The molecule has 3 aliphatic rings. The molecule has 146 valence electrons. The fraction of sp³-hybridized carbons (Fsp3) is 0.714. The zero-order valence-electron chi connectivity index (χ0n) is 16.6. The minimum absolute atomic E-state index is 0.00194. The van der Waals surface area contributed by atoms with Crippen molar-refractivity contribution in [1.29, 1.82) is 0 Å². The predicted molar refractivity (Wildman–Crippen MR) is 102 cm³/mol. The summed E-state index contributed by atoms with van der Waals surface area (Å²) in [4.78, 5) is 37.2. The summed E-state index contributed by atoms with van der Waals surface area (Å²) >= 11 is 0. The molecule has 2 aliphatic heterocycles. The van der Waals surface area contributed by atoms with Crippen molar-refractivity contribution < 1.29 is 9.59 Å². The van der Waals surface area contributed by atoms with Crippen molar-refractivity contribution in [3.8, 4) is 0 Å². The standard InChI is InChI=1S/C21H30N4O2/c1-4-21(20(27)24-15-7-5-6-8-15)11-16-9-10-17(21)25(16)19(26)18-13(2)22-12-23-14(18)3/h12,15-17H,4-11H2,1-3H3,(H,24,27)/t16-,17+,21+/m0/s1. The van der Waals surface area contributed by atoms with Crippen molar-refractivity contribution in [2.45, 2.75) is 90.3 Å². The Kier molecular flexibility index (Phi) is 4.68. The summed E-state index contributed by atoms with van der Waals surface area (Å²) in [6.45, 7) is 5.82. The lowest BCUT2D eigenvalue weighted by Gasteiger charge is -2.36. The Bertz CT molecular complexity index is 738. The summed E-state index contributed by atoms with van der Waals surface area (Å²) in [5, 5.41) is 3.32. The van der Waals surface area contributed by atoms with Gasteiger partial charge in [-0.25, -0.2) is 9.97 Å². The van der Waals surface area contributed by atoms with E-state index in [1.807, 2.05) is 18.7 Å². The van der Waals surface area contributed by atoms with Crippen LogP contribution in [-0.2, 0) is 4.79 Å². The lowest BCUT2D eigenvalue weighted by molar-refractivity contribution is -0.133. The maximum Gasteiger partial charge on any atom is 0.258 e. The molecule has 1 aliphatic carbocycles. The monoisotopic (exact) mass is 370 g/mol. The van der Waals surface area contributed by atoms with Crippen molar-refractivity contribution in [2.75, 3.05) is 0 Å². The summed E-state index contributed by atoms with van der Waals surface area (Å²) < 4.78 is 0. The van der Waals surface area contributed by atoms with Crippen LogP contribution in [0.5, 0.6) is 0 Å².